The van der Waals surface area contributed by atoms with E-state index in [9.17, 15) is 20.2 Å². The highest BCUT2D eigenvalue weighted by Gasteiger charge is 2.11. The van der Waals surface area contributed by atoms with Crippen LogP contribution in [0, 0.1) is 20.2 Å². The van der Waals surface area contributed by atoms with E-state index in [1.165, 1.54) is 24.3 Å². The van der Waals surface area contributed by atoms with Crippen LogP contribution in [0.3, 0.4) is 0 Å². The molecular weight excluding hydrogens is 412 g/mol. The van der Waals surface area contributed by atoms with Gasteiger partial charge in [0, 0.05) is 35.4 Å². The molecule has 10 nitrogen and oxygen atoms in total. The van der Waals surface area contributed by atoms with Crippen molar-refractivity contribution in [2.45, 2.75) is 0 Å². The Morgan fingerprint density at radius 2 is 0.969 bits per heavy atom. The van der Waals surface area contributed by atoms with Crippen molar-refractivity contribution < 1.29 is 9.85 Å². The third-order valence-electron chi connectivity index (χ3n) is 4.95. The van der Waals surface area contributed by atoms with Crippen molar-refractivity contribution in [1.82, 2.24) is 19.9 Å². The molecule has 2 heterocycles. The molecule has 0 fully saturated rings. The van der Waals surface area contributed by atoms with Gasteiger partial charge in [-0.3, -0.25) is 30.2 Å². The maximum absolute atomic E-state index is 10.9. The van der Waals surface area contributed by atoms with E-state index in [2.05, 4.69) is 19.9 Å². The Hall–Kier alpha value is -4.86. The second kappa shape index (κ2) is 7.43. The van der Waals surface area contributed by atoms with Gasteiger partial charge >= 0.3 is 0 Å². The molecule has 0 atom stereocenters. The first-order chi connectivity index (χ1) is 15.5. The van der Waals surface area contributed by atoms with Crippen LogP contribution < -0.4 is 0 Å². The minimum atomic E-state index is -0.468. The zero-order chi connectivity index (χ0) is 22.2. The Labute approximate surface area is 179 Å². The fourth-order valence-corrected chi connectivity index (χ4v) is 3.32. The van der Waals surface area contributed by atoms with Gasteiger partial charge in [0.15, 0.2) is 0 Å². The molecule has 0 amide bonds. The molecule has 0 saturated heterocycles. The number of nitrogens with zero attached hydrogens (tertiary/aromatic N) is 6. The lowest BCUT2D eigenvalue weighted by molar-refractivity contribution is -0.384. The van der Waals surface area contributed by atoms with E-state index in [0.29, 0.717) is 33.5 Å². The van der Waals surface area contributed by atoms with E-state index < -0.39 is 9.85 Å². The summed E-state index contributed by atoms with van der Waals surface area (Å²) >= 11 is 0. The summed E-state index contributed by atoms with van der Waals surface area (Å²) in [4.78, 5) is 38.6. The molecule has 154 valence electrons. The smallest absolute Gasteiger partial charge is 0.258 e. The van der Waals surface area contributed by atoms with Crippen LogP contribution in [0.1, 0.15) is 0 Å². The predicted octanol–water partition coefficient (Wildman–Crippen LogP) is 4.72. The lowest BCUT2D eigenvalue weighted by Crippen LogP contribution is -1.93. The molecule has 0 unspecified atom stereocenters. The van der Waals surface area contributed by atoms with Crippen LogP contribution in [0.15, 0.2) is 73.1 Å². The number of hydrogen-bond acceptors (Lipinski definition) is 8. The number of rotatable bonds is 4. The standard InChI is InChI=1S/C22H12N6O4/c29-27(30)15-5-7-17-19(9-15)23-11-21(25-17)13-1-2-14(4-3-13)22-12-24-20-10-16(28(31)32)6-8-18(20)26-22/h1-12H. The van der Waals surface area contributed by atoms with Gasteiger partial charge in [-0.25, -0.2) is 9.97 Å². The Balaban J connectivity index is 1.45. The number of fused-ring (bicyclic) bond motifs is 2. The van der Waals surface area contributed by atoms with Crippen molar-refractivity contribution in [3.63, 3.8) is 0 Å². The molecule has 0 aliphatic heterocycles. The van der Waals surface area contributed by atoms with E-state index in [1.807, 2.05) is 24.3 Å². The summed E-state index contributed by atoms with van der Waals surface area (Å²) in [6.45, 7) is 0. The maximum atomic E-state index is 10.9. The first kappa shape index (κ1) is 19.1. The van der Waals surface area contributed by atoms with E-state index in [1.54, 1.807) is 24.5 Å². The van der Waals surface area contributed by atoms with Crippen molar-refractivity contribution in [3.05, 3.63) is 93.3 Å². The van der Waals surface area contributed by atoms with Gasteiger partial charge in [0.1, 0.15) is 0 Å². The van der Waals surface area contributed by atoms with Crippen LogP contribution in [0.4, 0.5) is 11.4 Å². The Bertz CT molecular complexity index is 1420. The number of hydrogen-bond donors (Lipinski definition) is 0. The molecule has 3 aromatic carbocycles. The van der Waals surface area contributed by atoms with Crippen LogP contribution in [0.5, 0.6) is 0 Å². The molecule has 0 saturated carbocycles. The minimum absolute atomic E-state index is 0.0324. The molecule has 0 N–H and O–H groups in total. The highest BCUT2D eigenvalue weighted by Crippen LogP contribution is 2.26. The molecule has 0 spiro atoms. The van der Waals surface area contributed by atoms with Gasteiger partial charge in [-0.15, -0.1) is 0 Å². The largest absolute Gasteiger partial charge is 0.271 e. The van der Waals surface area contributed by atoms with Gasteiger partial charge in [0.05, 0.1) is 55.7 Å². The minimum Gasteiger partial charge on any atom is -0.258 e. The zero-order valence-corrected chi connectivity index (χ0v) is 16.2. The van der Waals surface area contributed by atoms with E-state index >= 15 is 0 Å². The Kier molecular flexibility index (Phi) is 4.44. The second-order valence-corrected chi connectivity index (χ2v) is 6.95. The maximum Gasteiger partial charge on any atom is 0.271 e. The molecule has 32 heavy (non-hydrogen) atoms. The summed E-state index contributed by atoms with van der Waals surface area (Å²) in [5.41, 5.74) is 4.88. The highest BCUT2D eigenvalue weighted by molar-refractivity contribution is 5.81. The molecule has 5 aromatic rings. The van der Waals surface area contributed by atoms with Gasteiger partial charge in [-0.1, -0.05) is 24.3 Å². The summed E-state index contributed by atoms with van der Waals surface area (Å²) in [5.74, 6) is 0. The summed E-state index contributed by atoms with van der Waals surface area (Å²) < 4.78 is 0. The monoisotopic (exact) mass is 424 g/mol. The normalized spacial score (nSPS) is 11.0. The summed E-state index contributed by atoms with van der Waals surface area (Å²) in [7, 11) is 0. The first-order valence-corrected chi connectivity index (χ1v) is 9.41. The number of nitro benzene ring substituents is 2. The molecule has 0 aliphatic rings. The van der Waals surface area contributed by atoms with Crippen LogP contribution in [0.2, 0.25) is 0 Å². The van der Waals surface area contributed by atoms with E-state index in [4.69, 9.17) is 0 Å². The van der Waals surface area contributed by atoms with Crippen molar-refractivity contribution in [2.24, 2.45) is 0 Å². The molecule has 0 bridgehead atoms. The summed E-state index contributed by atoms with van der Waals surface area (Å²) in [5, 5.41) is 21.8. The third-order valence-corrected chi connectivity index (χ3v) is 4.95. The summed E-state index contributed by atoms with van der Waals surface area (Å²) in [6, 6.07) is 16.2. The average molecular weight is 424 g/mol. The second-order valence-electron chi connectivity index (χ2n) is 6.95. The van der Waals surface area contributed by atoms with Gasteiger partial charge in [0.2, 0.25) is 0 Å². The van der Waals surface area contributed by atoms with E-state index in [-0.39, 0.29) is 11.4 Å². The van der Waals surface area contributed by atoms with Crippen molar-refractivity contribution in [3.8, 4) is 22.5 Å². The highest BCUT2D eigenvalue weighted by atomic mass is 16.6. The lowest BCUT2D eigenvalue weighted by Gasteiger charge is -2.06. The Morgan fingerprint density at radius 1 is 0.562 bits per heavy atom. The van der Waals surface area contributed by atoms with Crippen LogP contribution in [-0.2, 0) is 0 Å². The fraction of sp³-hybridized carbons (Fsp3) is 0. The fourth-order valence-electron chi connectivity index (χ4n) is 3.32. The van der Waals surface area contributed by atoms with E-state index in [0.717, 1.165) is 11.1 Å². The van der Waals surface area contributed by atoms with Gasteiger partial charge < -0.3 is 0 Å². The van der Waals surface area contributed by atoms with Gasteiger partial charge in [0.25, 0.3) is 11.4 Å². The SMILES string of the molecule is O=[N+]([O-])c1ccc2nc(-c3ccc(-c4cnc5cc([N+](=O)[O-])ccc5n4)cc3)cnc2c1. The molecule has 0 radical (unpaired) electrons. The van der Waals surface area contributed by atoms with Crippen molar-refractivity contribution in [1.29, 1.82) is 0 Å². The predicted molar refractivity (Wildman–Crippen MR) is 117 cm³/mol. The quantitative estimate of drug-likeness (QED) is 0.298. The van der Waals surface area contributed by atoms with Crippen LogP contribution >= 0.6 is 0 Å². The van der Waals surface area contributed by atoms with Crippen LogP contribution in [0.25, 0.3) is 44.6 Å². The average Bonchev–Trinajstić information content (AvgIpc) is 2.82. The number of benzene rings is 3. The van der Waals surface area contributed by atoms with Crippen molar-refractivity contribution in [2.75, 3.05) is 0 Å². The zero-order valence-electron chi connectivity index (χ0n) is 16.2. The summed E-state index contributed by atoms with van der Waals surface area (Å²) in [6.07, 6.45) is 3.15. The Morgan fingerprint density at radius 3 is 1.34 bits per heavy atom. The number of nitro groups is 2. The topological polar surface area (TPSA) is 138 Å². The van der Waals surface area contributed by atoms with Crippen molar-refractivity contribution >= 4 is 33.4 Å². The number of aromatic nitrogens is 4. The van der Waals surface area contributed by atoms with Crippen LogP contribution in [-0.4, -0.2) is 29.8 Å². The van der Waals surface area contributed by atoms with Gasteiger partial charge in [-0.2, -0.15) is 0 Å². The first-order valence-electron chi connectivity index (χ1n) is 9.41. The van der Waals surface area contributed by atoms with Gasteiger partial charge in [-0.05, 0) is 12.1 Å². The molecule has 5 rings (SSSR count). The number of non-ortho nitro benzene ring substituents is 2. The molecule has 10 heteroatoms. The molecule has 2 aromatic heterocycles. The molecule has 0 aliphatic carbocycles. The third kappa shape index (κ3) is 3.45. The molecular formula is C22H12N6O4. The lowest BCUT2D eigenvalue weighted by atomic mass is 10.1.